The van der Waals surface area contributed by atoms with Crippen LogP contribution in [0.5, 0.6) is 0 Å². The highest BCUT2D eigenvalue weighted by molar-refractivity contribution is 7.80. The van der Waals surface area contributed by atoms with Crippen molar-refractivity contribution in [2.24, 2.45) is 34.5 Å². The summed E-state index contributed by atoms with van der Waals surface area (Å²) in [4.78, 5) is 37.0. The number of aliphatic hydroxyl groups excluding tert-OH is 1. The van der Waals surface area contributed by atoms with E-state index in [2.05, 4.69) is 11.1 Å². The molecule has 4 aliphatic carbocycles. The number of ketones is 2. The molecule has 0 heterocycles. The lowest BCUT2D eigenvalue weighted by atomic mass is 9.45. The number of carbonyl (C=O) groups is 3. The number of hydrogen-bond acceptors (Lipinski definition) is 7. The number of carbonyl (C=O) groups excluding carboxylic acids is 3. The van der Waals surface area contributed by atoms with Gasteiger partial charge in [0, 0.05) is 17.8 Å². The maximum absolute atomic E-state index is 12.7. The third kappa shape index (κ3) is 3.30. The number of fused-ring (bicyclic) bond motifs is 5. The Morgan fingerprint density at radius 1 is 1.30 bits per heavy atom. The molecule has 0 bridgehead atoms. The highest BCUT2D eigenvalue weighted by Crippen LogP contribution is 2.66. The van der Waals surface area contributed by atoms with E-state index in [-0.39, 0.29) is 35.4 Å². The van der Waals surface area contributed by atoms with Gasteiger partial charge in [-0.1, -0.05) is 12.5 Å². The standard InChI is InChI=1S/C21H28O8S/c1-20-7-6-13(23)8-12(20)2-3-14-15-4-5-16(18(25)10-29-30(26,27)28)21(15,11-22)9-17(24)19(14)20/h8,11,14-17,19,24H,2-7,9-10H2,1H3,(H,26,27,28). The predicted octanol–water partition coefficient (Wildman–Crippen LogP) is 1.67. The molecule has 0 saturated heterocycles. The van der Waals surface area contributed by atoms with Crippen LogP contribution in [-0.2, 0) is 29.0 Å². The zero-order valence-corrected chi connectivity index (χ0v) is 17.8. The second kappa shape index (κ2) is 7.32. The topological polar surface area (TPSA) is 135 Å². The van der Waals surface area contributed by atoms with E-state index in [4.69, 9.17) is 4.55 Å². The summed E-state index contributed by atoms with van der Waals surface area (Å²) in [7, 11) is -4.75. The number of allylic oxidation sites excluding steroid dienone is 1. The lowest BCUT2D eigenvalue weighted by molar-refractivity contribution is -0.157. The molecule has 0 aliphatic heterocycles. The summed E-state index contributed by atoms with van der Waals surface area (Å²) < 4.78 is 34.8. The zero-order valence-electron chi connectivity index (χ0n) is 17.0. The Kier molecular flexibility index (Phi) is 5.32. The van der Waals surface area contributed by atoms with Crippen molar-refractivity contribution < 1.29 is 36.6 Å². The lowest BCUT2D eigenvalue weighted by Gasteiger charge is -2.59. The Balaban J connectivity index is 1.64. The lowest BCUT2D eigenvalue weighted by Crippen LogP contribution is -2.58. The van der Waals surface area contributed by atoms with E-state index in [1.807, 2.05) is 0 Å². The van der Waals surface area contributed by atoms with Crippen LogP contribution in [-0.4, -0.2) is 48.6 Å². The predicted molar refractivity (Wildman–Crippen MR) is 104 cm³/mol. The summed E-state index contributed by atoms with van der Waals surface area (Å²) in [6, 6.07) is 0. The summed E-state index contributed by atoms with van der Waals surface area (Å²) in [5.41, 5.74) is -0.256. The summed E-state index contributed by atoms with van der Waals surface area (Å²) in [5, 5.41) is 11.2. The first-order valence-electron chi connectivity index (χ1n) is 10.5. The number of aldehydes is 1. The minimum Gasteiger partial charge on any atom is -0.393 e. The molecule has 8 nitrogen and oxygen atoms in total. The van der Waals surface area contributed by atoms with E-state index in [0.717, 1.165) is 24.7 Å². The fourth-order valence-corrected chi connectivity index (χ4v) is 7.56. The van der Waals surface area contributed by atoms with Crippen molar-refractivity contribution in [3.05, 3.63) is 11.6 Å². The minimum atomic E-state index is -4.75. The van der Waals surface area contributed by atoms with Crippen LogP contribution in [0.25, 0.3) is 0 Å². The van der Waals surface area contributed by atoms with E-state index >= 15 is 0 Å². The molecule has 2 N–H and O–H groups in total. The van der Waals surface area contributed by atoms with E-state index in [1.165, 1.54) is 0 Å². The highest BCUT2D eigenvalue weighted by Gasteiger charge is 2.64. The molecule has 3 saturated carbocycles. The molecule has 0 aromatic carbocycles. The second-order valence-electron chi connectivity index (χ2n) is 9.68. The Hall–Kier alpha value is -1.42. The molecule has 30 heavy (non-hydrogen) atoms. The van der Waals surface area contributed by atoms with Gasteiger partial charge in [0.25, 0.3) is 0 Å². The monoisotopic (exact) mass is 440 g/mol. The summed E-state index contributed by atoms with van der Waals surface area (Å²) in [6.45, 7) is 1.29. The van der Waals surface area contributed by atoms with E-state index in [9.17, 15) is 27.9 Å². The average Bonchev–Trinajstić information content (AvgIpc) is 3.05. The summed E-state index contributed by atoms with van der Waals surface area (Å²) >= 11 is 0. The zero-order chi connectivity index (χ0) is 21.9. The molecular formula is C21H28O8S. The Labute approximate surface area is 176 Å². The van der Waals surface area contributed by atoms with E-state index in [1.54, 1.807) is 6.08 Å². The van der Waals surface area contributed by atoms with Gasteiger partial charge in [0.05, 0.1) is 6.10 Å². The van der Waals surface area contributed by atoms with Crippen LogP contribution in [0.3, 0.4) is 0 Å². The maximum Gasteiger partial charge on any atom is 0.397 e. The first-order valence-corrected chi connectivity index (χ1v) is 11.9. The largest absolute Gasteiger partial charge is 0.397 e. The summed E-state index contributed by atoms with van der Waals surface area (Å²) in [6.07, 6.45) is 5.56. The molecule has 166 valence electrons. The van der Waals surface area contributed by atoms with Crippen molar-refractivity contribution in [3.63, 3.8) is 0 Å². The van der Waals surface area contributed by atoms with Crippen molar-refractivity contribution >= 4 is 28.3 Å². The van der Waals surface area contributed by atoms with Gasteiger partial charge in [-0.25, -0.2) is 4.18 Å². The van der Waals surface area contributed by atoms with Crippen LogP contribution in [0.2, 0.25) is 0 Å². The first-order chi connectivity index (χ1) is 14.0. The van der Waals surface area contributed by atoms with Gasteiger partial charge in [0.15, 0.2) is 11.6 Å². The SMILES string of the molecule is CC12CCC(=O)C=C1CCC1C2C(O)CC2(C=O)C(C(=O)COS(=O)(=O)O)CCC12. The van der Waals surface area contributed by atoms with E-state index < -0.39 is 40.2 Å². The van der Waals surface area contributed by atoms with E-state index in [0.29, 0.717) is 25.7 Å². The smallest absolute Gasteiger partial charge is 0.393 e. The molecule has 4 aliphatic rings. The van der Waals surface area contributed by atoms with Gasteiger partial charge < -0.3 is 9.90 Å². The minimum absolute atomic E-state index is 0.0506. The third-order valence-electron chi connectivity index (χ3n) is 8.46. The van der Waals surface area contributed by atoms with Crippen LogP contribution < -0.4 is 0 Å². The van der Waals surface area contributed by atoms with Crippen LogP contribution in [0.15, 0.2) is 11.6 Å². The van der Waals surface area contributed by atoms with Gasteiger partial charge in [-0.05, 0) is 67.8 Å². The van der Waals surface area contributed by atoms with Crippen molar-refractivity contribution in [1.29, 1.82) is 0 Å². The molecular weight excluding hydrogens is 412 g/mol. The van der Waals surface area contributed by atoms with Gasteiger partial charge in [-0.2, -0.15) is 8.42 Å². The number of rotatable bonds is 5. The fraction of sp³-hybridized carbons (Fsp3) is 0.762. The van der Waals surface area contributed by atoms with Gasteiger partial charge >= 0.3 is 10.4 Å². The molecule has 0 spiro atoms. The van der Waals surface area contributed by atoms with Crippen molar-refractivity contribution in [3.8, 4) is 0 Å². The number of Topliss-reactive ketones (excluding diaryl/α,β-unsaturated/α-hetero) is 1. The second-order valence-corrected chi connectivity index (χ2v) is 10.8. The molecule has 7 unspecified atom stereocenters. The highest BCUT2D eigenvalue weighted by atomic mass is 32.3. The Bertz CT molecular complexity index is 908. The van der Waals surface area contributed by atoms with Gasteiger partial charge in [-0.15, -0.1) is 0 Å². The molecule has 0 aromatic heterocycles. The van der Waals surface area contributed by atoms with Crippen molar-refractivity contribution in [1.82, 2.24) is 0 Å². The maximum atomic E-state index is 12.7. The third-order valence-corrected chi connectivity index (χ3v) is 8.88. The van der Waals surface area contributed by atoms with Crippen LogP contribution in [0.1, 0.15) is 51.9 Å². The Morgan fingerprint density at radius 3 is 2.70 bits per heavy atom. The fourth-order valence-electron chi connectivity index (χ4n) is 7.30. The van der Waals surface area contributed by atoms with Crippen LogP contribution in [0.4, 0.5) is 0 Å². The normalized spacial score (nSPS) is 43.2. The Morgan fingerprint density at radius 2 is 2.03 bits per heavy atom. The molecule has 4 rings (SSSR count). The van der Waals surface area contributed by atoms with Crippen molar-refractivity contribution in [2.45, 2.75) is 58.0 Å². The van der Waals surface area contributed by atoms with Gasteiger partial charge in [0.2, 0.25) is 0 Å². The molecule has 0 aromatic rings. The molecule has 7 atom stereocenters. The van der Waals surface area contributed by atoms with Gasteiger partial charge in [-0.3, -0.25) is 14.1 Å². The van der Waals surface area contributed by atoms with Crippen LogP contribution >= 0.6 is 0 Å². The quantitative estimate of drug-likeness (QED) is 0.487. The average molecular weight is 441 g/mol. The number of aliphatic hydroxyl groups is 1. The van der Waals surface area contributed by atoms with Gasteiger partial charge in [0.1, 0.15) is 12.9 Å². The van der Waals surface area contributed by atoms with Crippen molar-refractivity contribution in [2.75, 3.05) is 6.61 Å². The number of hydrogen-bond donors (Lipinski definition) is 2. The molecule has 9 heteroatoms. The summed E-state index contributed by atoms with van der Waals surface area (Å²) in [5.74, 6) is -1.27. The molecule has 3 fully saturated rings. The molecule has 0 radical (unpaired) electrons. The van der Waals surface area contributed by atoms with Crippen LogP contribution in [0, 0.1) is 34.5 Å². The molecule has 0 amide bonds. The first kappa shape index (κ1) is 21.8.